The molecule has 0 aromatic carbocycles. The minimum Gasteiger partial charge on any atom is -0.430 e. The Morgan fingerprint density at radius 2 is 2.20 bits per heavy atom. The summed E-state index contributed by atoms with van der Waals surface area (Å²) in [6, 6.07) is 1.21. The molecule has 0 radical (unpaired) electrons. The fourth-order valence-electron chi connectivity index (χ4n) is 0.901. The van der Waals surface area contributed by atoms with E-state index in [2.05, 4.69) is 53.4 Å². The second-order valence-electron chi connectivity index (χ2n) is 4.46. The van der Waals surface area contributed by atoms with Gasteiger partial charge in [0.15, 0.2) is 0 Å². The summed E-state index contributed by atoms with van der Waals surface area (Å²) >= 11 is 2.17. The Morgan fingerprint density at radius 3 is 2.67 bits per heavy atom. The normalized spacial score (nSPS) is 11.2. The van der Waals surface area contributed by atoms with Crippen molar-refractivity contribution >= 4 is 30.7 Å². The number of hydrogen-bond donors (Lipinski definition) is 0. The number of ether oxygens (including phenoxy) is 1. The summed E-state index contributed by atoms with van der Waals surface area (Å²) in [5.74, 6) is 0. The van der Waals surface area contributed by atoms with Crippen LogP contribution in [0.5, 0.6) is 0 Å². The van der Waals surface area contributed by atoms with E-state index in [0.717, 1.165) is 10.4 Å². The van der Waals surface area contributed by atoms with Crippen molar-refractivity contribution in [1.82, 2.24) is 9.55 Å². The van der Waals surface area contributed by atoms with Gasteiger partial charge in [0, 0.05) is 18.5 Å². The molecule has 1 aromatic heterocycles. The average molecular weight is 330 g/mol. The van der Waals surface area contributed by atoms with Crippen LogP contribution in [0.1, 0.15) is 0 Å². The van der Waals surface area contributed by atoms with E-state index in [1.165, 1.54) is 6.04 Å². The second kappa shape index (κ2) is 7.12. The van der Waals surface area contributed by atoms with Crippen molar-refractivity contribution in [3.8, 4) is 0 Å². The number of aromatic nitrogens is 2. The van der Waals surface area contributed by atoms with Crippen molar-refractivity contribution in [2.75, 3.05) is 6.61 Å². The summed E-state index contributed by atoms with van der Waals surface area (Å²) in [5, 5.41) is 0. The molecule has 0 fully saturated rings. The largest absolute Gasteiger partial charge is 1.00 e. The maximum atomic E-state index is 5.57. The SMILES string of the molecule is C[Si](C)(C)CCOCn1c[c-]nc1I.[Li+]. The van der Waals surface area contributed by atoms with Gasteiger partial charge in [0.1, 0.15) is 6.73 Å². The van der Waals surface area contributed by atoms with Gasteiger partial charge in [-0.3, -0.25) is 0 Å². The van der Waals surface area contributed by atoms with E-state index in [-0.39, 0.29) is 18.9 Å². The van der Waals surface area contributed by atoms with Crippen LogP contribution in [0.3, 0.4) is 0 Å². The summed E-state index contributed by atoms with van der Waals surface area (Å²) in [7, 11) is -0.952. The first-order valence-corrected chi connectivity index (χ1v) is 9.44. The average Bonchev–Trinajstić information content (AvgIpc) is 2.44. The molecule has 6 heteroatoms. The van der Waals surface area contributed by atoms with Crippen molar-refractivity contribution in [2.45, 2.75) is 32.4 Å². The minimum atomic E-state index is -0.952. The third-order valence-corrected chi connectivity index (χ3v) is 4.40. The molecule has 0 aliphatic heterocycles. The first-order valence-electron chi connectivity index (χ1n) is 4.65. The molecule has 0 aliphatic rings. The number of nitrogens with zero attached hydrogens (tertiary/aromatic N) is 2. The van der Waals surface area contributed by atoms with E-state index in [1.54, 1.807) is 0 Å². The van der Waals surface area contributed by atoms with Crippen LogP contribution < -0.4 is 18.9 Å². The molecule has 0 spiro atoms. The van der Waals surface area contributed by atoms with Gasteiger partial charge in [-0.2, -0.15) is 0 Å². The predicted octanol–water partition coefficient (Wildman–Crippen LogP) is -0.396. The maximum absolute atomic E-state index is 5.57. The molecule has 0 saturated heterocycles. The molecular weight excluding hydrogens is 314 g/mol. The molecule has 0 N–H and O–H groups in total. The first-order chi connectivity index (χ1) is 6.49. The molecule has 0 atom stereocenters. The van der Waals surface area contributed by atoms with Gasteiger partial charge in [0.2, 0.25) is 0 Å². The maximum Gasteiger partial charge on any atom is 1.00 e. The fourth-order valence-corrected chi connectivity index (χ4v) is 2.08. The molecule has 0 aliphatic carbocycles. The van der Waals surface area contributed by atoms with Gasteiger partial charge in [0.05, 0.1) is 0 Å². The van der Waals surface area contributed by atoms with E-state index < -0.39 is 8.07 Å². The van der Waals surface area contributed by atoms with Gasteiger partial charge >= 0.3 is 18.9 Å². The zero-order valence-corrected chi connectivity index (χ0v) is 13.0. The number of hydrogen-bond acceptors (Lipinski definition) is 2. The van der Waals surface area contributed by atoms with E-state index >= 15 is 0 Å². The molecule has 0 amide bonds. The van der Waals surface area contributed by atoms with Gasteiger partial charge in [-0.15, -0.1) is 28.8 Å². The van der Waals surface area contributed by atoms with Crippen LogP contribution in [-0.4, -0.2) is 24.2 Å². The summed E-state index contributed by atoms with van der Waals surface area (Å²) in [4.78, 5) is 4.00. The van der Waals surface area contributed by atoms with Crippen LogP contribution in [0, 0.1) is 10.0 Å². The Kier molecular flexibility index (Phi) is 7.46. The van der Waals surface area contributed by atoms with Gasteiger partial charge < -0.3 is 14.3 Å². The Labute approximate surface area is 118 Å². The minimum absolute atomic E-state index is 0. The van der Waals surface area contributed by atoms with Gasteiger partial charge in [-0.1, -0.05) is 25.8 Å². The van der Waals surface area contributed by atoms with Crippen molar-refractivity contribution in [3.05, 3.63) is 16.2 Å². The third kappa shape index (κ3) is 6.79. The van der Waals surface area contributed by atoms with Crippen LogP contribution in [-0.2, 0) is 11.5 Å². The second-order valence-corrected chi connectivity index (χ2v) is 11.0. The van der Waals surface area contributed by atoms with Gasteiger partial charge in [0.25, 0.3) is 0 Å². The van der Waals surface area contributed by atoms with Crippen molar-refractivity contribution < 1.29 is 23.6 Å². The predicted molar refractivity (Wildman–Crippen MR) is 67.9 cm³/mol. The number of rotatable bonds is 5. The van der Waals surface area contributed by atoms with E-state index in [4.69, 9.17) is 4.74 Å². The van der Waals surface area contributed by atoms with Gasteiger partial charge in [-0.05, 0) is 6.04 Å². The van der Waals surface area contributed by atoms with E-state index in [9.17, 15) is 0 Å². The quantitative estimate of drug-likeness (QED) is 0.318. The summed E-state index contributed by atoms with van der Waals surface area (Å²) in [6.45, 7) is 8.50. The summed E-state index contributed by atoms with van der Waals surface area (Å²) in [5.41, 5.74) is 0. The van der Waals surface area contributed by atoms with Crippen LogP contribution in [0.15, 0.2) is 6.20 Å². The Bertz CT molecular complexity index is 288. The van der Waals surface area contributed by atoms with Crippen LogP contribution in [0.2, 0.25) is 25.7 Å². The smallest absolute Gasteiger partial charge is 0.430 e. The van der Waals surface area contributed by atoms with Gasteiger partial charge in [-0.25, -0.2) is 0 Å². The molecule has 1 rings (SSSR count). The Morgan fingerprint density at radius 1 is 1.53 bits per heavy atom. The Hall–Kier alpha value is 0.714. The molecule has 1 heterocycles. The molecular formula is C9H16ILiN2OSi. The van der Waals surface area contributed by atoms with E-state index in [0.29, 0.717) is 6.73 Å². The molecule has 15 heavy (non-hydrogen) atoms. The molecule has 80 valence electrons. The van der Waals surface area contributed by atoms with Crippen molar-refractivity contribution in [3.63, 3.8) is 0 Å². The van der Waals surface area contributed by atoms with Crippen molar-refractivity contribution in [2.24, 2.45) is 0 Å². The van der Waals surface area contributed by atoms with Crippen LogP contribution >= 0.6 is 22.6 Å². The molecule has 0 bridgehead atoms. The number of halogens is 1. The monoisotopic (exact) mass is 330 g/mol. The third-order valence-electron chi connectivity index (χ3n) is 1.83. The molecule has 1 aromatic rings. The van der Waals surface area contributed by atoms with Crippen LogP contribution in [0.4, 0.5) is 0 Å². The van der Waals surface area contributed by atoms with Crippen LogP contribution in [0.25, 0.3) is 0 Å². The Balaban J connectivity index is 0.00000196. The summed E-state index contributed by atoms with van der Waals surface area (Å²) in [6.07, 6.45) is 4.61. The molecule has 3 nitrogen and oxygen atoms in total. The first kappa shape index (κ1) is 15.7. The molecule has 0 unspecified atom stereocenters. The number of imidazole rings is 1. The van der Waals surface area contributed by atoms with Crippen molar-refractivity contribution in [1.29, 1.82) is 0 Å². The van der Waals surface area contributed by atoms with E-state index in [1.807, 2.05) is 10.8 Å². The topological polar surface area (TPSA) is 27.1 Å². The zero-order valence-electron chi connectivity index (χ0n) is 9.88. The zero-order chi connectivity index (χ0) is 10.6. The fraction of sp³-hybridized carbons (Fsp3) is 0.667. The standard InChI is InChI=1S/C9H16IN2OSi.Li/c1-14(2,3)7-6-13-8-12-5-4-11-9(12)10;/h5H,6-8H2,1-3H3;/q-1;+1. The molecule has 0 saturated carbocycles. The summed E-state index contributed by atoms with van der Waals surface area (Å²) < 4.78 is 8.44.